The van der Waals surface area contributed by atoms with Crippen LogP contribution in [0.25, 0.3) is 6.08 Å². The van der Waals surface area contributed by atoms with E-state index in [1.165, 1.54) is 12.1 Å². The Morgan fingerprint density at radius 1 is 1.37 bits per heavy atom. The molecule has 3 nitrogen and oxygen atoms in total. The fraction of sp³-hybridized carbons (Fsp3) is 0.333. The summed E-state index contributed by atoms with van der Waals surface area (Å²) in [5.74, 6) is -0.388. The molecule has 0 bridgehead atoms. The van der Waals surface area contributed by atoms with Crippen molar-refractivity contribution in [2.24, 2.45) is 0 Å². The molecule has 19 heavy (non-hydrogen) atoms. The van der Waals surface area contributed by atoms with Gasteiger partial charge in [0.2, 0.25) is 0 Å². The summed E-state index contributed by atoms with van der Waals surface area (Å²) >= 11 is 0. The third-order valence-corrected chi connectivity index (χ3v) is 2.53. The number of rotatable bonds is 6. The van der Waals surface area contributed by atoms with Crippen LogP contribution >= 0.6 is 0 Å². The van der Waals surface area contributed by atoms with E-state index in [4.69, 9.17) is 15.3 Å². The van der Waals surface area contributed by atoms with Crippen molar-refractivity contribution in [2.75, 3.05) is 6.61 Å². The lowest BCUT2D eigenvalue weighted by atomic mass is 10.1. The van der Waals surface area contributed by atoms with Crippen LogP contribution in [0.5, 0.6) is 0 Å². The van der Waals surface area contributed by atoms with E-state index in [2.05, 4.69) is 6.92 Å². The molecule has 0 spiro atoms. The Bertz CT molecular complexity index is 522. The molecule has 0 aliphatic rings. The van der Waals surface area contributed by atoms with Gasteiger partial charge in [-0.1, -0.05) is 25.5 Å². The molecule has 0 aromatic heterocycles. The molecular formula is C15H15FN2O. The van der Waals surface area contributed by atoms with Crippen molar-refractivity contribution in [2.45, 2.75) is 26.4 Å². The Balaban J connectivity index is 2.73. The molecule has 0 saturated carbocycles. The molecule has 0 saturated heterocycles. The number of allylic oxidation sites excluding steroid dienone is 1. The summed E-state index contributed by atoms with van der Waals surface area (Å²) in [5, 5.41) is 17.2. The Morgan fingerprint density at radius 2 is 2.11 bits per heavy atom. The minimum absolute atomic E-state index is 0.0497. The topological polar surface area (TPSA) is 56.8 Å². The van der Waals surface area contributed by atoms with Crippen LogP contribution in [-0.4, -0.2) is 6.61 Å². The molecule has 1 rings (SSSR count). The average Bonchev–Trinajstić information content (AvgIpc) is 2.42. The summed E-state index contributed by atoms with van der Waals surface area (Å²) in [6.07, 6.45) is 3.35. The number of unbranched alkanes of at least 4 members (excludes halogenated alkanes) is 1. The molecule has 0 unspecified atom stereocenters. The molecule has 4 heteroatoms. The zero-order chi connectivity index (χ0) is 14.1. The maximum Gasteiger partial charge on any atom is 0.130 e. The molecule has 0 aliphatic heterocycles. The number of ether oxygens (including phenoxy) is 1. The van der Waals surface area contributed by atoms with Crippen molar-refractivity contribution in [1.82, 2.24) is 0 Å². The fourth-order valence-electron chi connectivity index (χ4n) is 1.46. The van der Waals surface area contributed by atoms with E-state index < -0.39 is 0 Å². The fourth-order valence-corrected chi connectivity index (χ4v) is 1.46. The van der Waals surface area contributed by atoms with E-state index in [1.54, 1.807) is 24.3 Å². The minimum Gasteiger partial charge on any atom is -0.377 e. The van der Waals surface area contributed by atoms with Crippen LogP contribution in [0, 0.1) is 28.5 Å². The van der Waals surface area contributed by atoms with Gasteiger partial charge in [-0.05, 0) is 24.1 Å². The first-order chi connectivity index (χ1) is 9.21. The lowest BCUT2D eigenvalue weighted by molar-refractivity contribution is 0.116. The molecule has 0 amide bonds. The van der Waals surface area contributed by atoms with Crippen LogP contribution in [-0.2, 0) is 11.3 Å². The van der Waals surface area contributed by atoms with Gasteiger partial charge in [-0.15, -0.1) is 0 Å². The first-order valence-corrected chi connectivity index (χ1v) is 6.09. The number of nitriles is 2. The molecule has 0 fully saturated rings. The van der Waals surface area contributed by atoms with Crippen molar-refractivity contribution >= 4 is 6.08 Å². The largest absolute Gasteiger partial charge is 0.377 e. The second-order valence-corrected chi connectivity index (χ2v) is 4.04. The van der Waals surface area contributed by atoms with Gasteiger partial charge in [-0.2, -0.15) is 10.5 Å². The normalized spacial score (nSPS) is 9.47. The first kappa shape index (κ1) is 14.9. The van der Waals surface area contributed by atoms with Crippen LogP contribution in [0.4, 0.5) is 4.39 Å². The highest BCUT2D eigenvalue weighted by Gasteiger charge is 2.03. The molecule has 1 aromatic carbocycles. The number of hydrogen-bond acceptors (Lipinski definition) is 3. The number of hydrogen-bond donors (Lipinski definition) is 0. The SMILES string of the molecule is CCCCOCc1ccc(C=C(C#N)C#N)cc1F. The summed E-state index contributed by atoms with van der Waals surface area (Å²) in [4.78, 5) is 0. The van der Waals surface area contributed by atoms with Gasteiger partial charge in [-0.25, -0.2) is 4.39 Å². The molecule has 0 radical (unpaired) electrons. The van der Waals surface area contributed by atoms with E-state index in [1.807, 2.05) is 0 Å². The minimum atomic E-state index is -0.388. The second-order valence-electron chi connectivity index (χ2n) is 4.04. The second kappa shape index (κ2) is 8.02. The summed E-state index contributed by atoms with van der Waals surface area (Å²) in [6, 6.07) is 8.04. The van der Waals surface area contributed by atoms with Gasteiger partial charge in [-0.3, -0.25) is 0 Å². The quantitative estimate of drug-likeness (QED) is 0.579. The molecule has 0 atom stereocenters. The van der Waals surface area contributed by atoms with E-state index >= 15 is 0 Å². The lowest BCUT2D eigenvalue weighted by Gasteiger charge is -2.05. The van der Waals surface area contributed by atoms with Gasteiger partial charge in [0, 0.05) is 12.2 Å². The third-order valence-electron chi connectivity index (χ3n) is 2.53. The standard InChI is InChI=1S/C15H15FN2O/c1-2-3-6-19-11-14-5-4-12(8-15(14)16)7-13(9-17)10-18/h4-5,7-8H,2-3,6,11H2,1H3. The van der Waals surface area contributed by atoms with Gasteiger partial charge in [0.25, 0.3) is 0 Å². The average molecular weight is 258 g/mol. The molecule has 1 aromatic rings. The third kappa shape index (κ3) is 4.91. The summed E-state index contributed by atoms with van der Waals surface area (Å²) in [6.45, 7) is 2.91. The zero-order valence-electron chi connectivity index (χ0n) is 10.8. The Morgan fingerprint density at radius 3 is 2.68 bits per heavy atom. The van der Waals surface area contributed by atoms with Crippen LogP contribution < -0.4 is 0 Å². The Hall–Kier alpha value is -2.17. The Labute approximate surface area is 112 Å². The van der Waals surface area contributed by atoms with Crippen molar-refractivity contribution < 1.29 is 9.13 Å². The van der Waals surface area contributed by atoms with E-state index in [9.17, 15) is 4.39 Å². The highest BCUT2D eigenvalue weighted by Crippen LogP contribution is 2.14. The highest BCUT2D eigenvalue weighted by atomic mass is 19.1. The van der Waals surface area contributed by atoms with Crippen molar-refractivity contribution in [3.05, 3.63) is 40.7 Å². The van der Waals surface area contributed by atoms with Gasteiger partial charge < -0.3 is 4.74 Å². The van der Waals surface area contributed by atoms with E-state index in [0.29, 0.717) is 17.7 Å². The van der Waals surface area contributed by atoms with Gasteiger partial charge in [0.1, 0.15) is 23.5 Å². The number of nitrogens with zero attached hydrogens (tertiary/aromatic N) is 2. The summed E-state index contributed by atoms with van der Waals surface area (Å²) in [5.41, 5.74) is 0.919. The van der Waals surface area contributed by atoms with Crippen molar-refractivity contribution in [3.63, 3.8) is 0 Å². The predicted molar refractivity (Wildman–Crippen MR) is 70.2 cm³/mol. The predicted octanol–water partition coefficient (Wildman–Crippen LogP) is 3.57. The maximum atomic E-state index is 13.7. The molecule has 0 heterocycles. The lowest BCUT2D eigenvalue weighted by Crippen LogP contribution is -1.98. The first-order valence-electron chi connectivity index (χ1n) is 6.09. The van der Waals surface area contributed by atoms with E-state index in [0.717, 1.165) is 12.8 Å². The monoisotopic (exact) mass is 258 g/mol. The highest BCUT2D eigenvalue weighted by molar-refractivity contribution is 5.62. The van der Waals surface area contributed by atoms with Crippen LogP contribution in [0.1, 0.15) is 30.9 Å². The van der Waals surface area contributed by atoms with Crippen LogP contribution in [0.3, 0.4) is 0 Å². The van der Waals surface area contributed by atoms with Crippen molar-refractivity contribution in [3.8, 4) is 12.1 Å². The Kier molecular flexibility index (Phi) is 6.29. The van der Waals surface area contributed by atoms with E-state index in [-0.39, 0.29) is 18.0 Å². The molecular weight excluding hydrogens is 243 g/mol. The summed E-state index contributed by atoms with van der Waals surface area (Å²) in [7, 11) is 0. The summed E-state index contributed by atoms with van der Waals surface area (Å²) < 4.78 is 19.1. The molecule has 0 aliphatic carbocycles. The zero-order valence-corrected chi connectivity index (χ0v) is 10.8. The maximum absolute atomic E-state index is 13.7. The molecule has 0 N–H and O–H groups in total. The number of benzene rings is 1. The van der Waals surface area contributed by atoms with Gasteiger partial charge >= 0.3 is 0 Å². The smallest absolute Gasteiger partial charge is 0.130 e. The van der Waals surface area contributed by atoms with Gasteiger partial charge in [0.15, 0.2) is 0 Å². The molecule has 98 valence electrons. The number of halogens is 1. The van der Waals surface area contributed by atoms with Crippen LogP contribution in [0.15, 0.2) is 23.8 Å². The van der Waals surface area contributed by atoms with Crippen molar-refractivity contribution in [1.29, 1.82) is 10.5 Å². The van der Waals surface area contributed by atoms with Crippen LogP contribution in [0.2, 0.25) is 0 Å². The van der Waals surface area contributed by atoms with Gasteiger partial charge in [0.05, 0.1) is 6.61 Å².